The van der Waals surface area contributed by atoms with Crippen molar-refractivity contribution in [3.8, 4) is 5.69 Å². The number of nitrogens with zero attached hydrogens (tertiary/aromatic N) is 3. The Morgan fingerprint density at radius 1 is 1.30 bits per heavy atom. The molecule has 0 saturated carbocycles. The van der Waals surface area contributed by atoms with E-state index in [1.54, 1.807) is 41.6 Å². The Bertz CT molecular complexity index is 781. The van der Waals surface area contributed by atoms with Gasteiger partial charge in [0, 0.05) is 42.9 Å². The van der Waals surface area contributed by atoms with Crippen LogP contribution in [0, 0.1) is 5.82 Å². The second-order valence-electron chi connectivity index (χ2n) is 5.39. The lowest BCUT2D eigenvalue weighted by Gasteiger charge is -2.15. The molecule has 23 heavy (non-hydrogen) atoms. The van der Waals surface area contributed by atoms with Crippen LogP contribution in [0.4, 0.5) is 4.39 Å². The second kappa shape index (κ2) is 6.48. The summed E-state index contributed by atoms with van der Waals surface area (Å²) in [5.74, 6) is -0.730. The van der Waals surface area contributed by atoms with E-state index in [0.29, 0.717) is 17.8 Å². The number of nitrogens with one attached hydrogen (secondary N) is 1. The minimum atomic E-state index is -0.434. The van der Waals surface area contributed by atoms with Gasteiger partial charge in [-0.25, -0.2) is 9.37 Å². The largest absolute Gasteiger partial charge is 0.348 e. The van der Waals surface area contributed by atoms with E-state index < -0.39 is 5.82 Å². The van der Waals surface area contributed by atoms with E-state index in [9.17, 15) is 9.18 Å². The fraction of sp³-hybridized carbons (Fsp3) is 0.176. The molecule has 1 amide bonds. The number of hydrogen-bond acceptors (Lipinski definition) is 2. The van der Waals surface area contributed by atoms with Gasteiger partial charge in [-0.3, -0.25) is 4.79 Å². The van der Waals surface area contributed by atoms with Crippen molar-refractivity contribution >= 4 is 5.91 Å². The molecule has 1 atom stereocenters. The molecule has 0 radical (unpaired) electrons. The molecule has 5 nitrogen and oxygen atoms in total. The highest BCUT2D eigenvalue weighted by atomic mass is 19.1. The zero-order valence-corrected chi connectivity index (χ0v) is 12.7. The van der Waals surface area contributed by atoms with Crippen molar-refractivity contribution in [1.82, 2.24) is 19.4 Å². The molecule has 118 valence electrons. The van der Waals surface area contributed by atoms with Crippen LogP contribution in [0.2, 0.25) is 0 Å². The van der Waals surface area contributed by atoms with Crippen LogP contribution in [-0.4, -0.2) is 26.1 Å². The molecule has 0 bridgehead atoms. The van der Waals surface area contributed by atoms with Crippen molar-refractivity contribution in [2.75, 3.05) is 0 Å². The quantitative estimate of drug-likeness (QED) is 0.787. The summed E-state index contributed by atoms with van der Waals surface area (Å²) in [5, 5.41) is 2.85. The fourth-order valence-electron chi connectivity index (χ4n) is 2.42. The molecule has 2 aromatic heterocycles. The number of aromatic nitrogens is 3. The Morgan fingerprint density at radius 2 is 2.09 bits per heavy atom. The third-order valence-corrected chi connectivity index (χ3v) is 3.51. The standard InChI is InChI=1S/C17H17FN4O/c1-13(11-21-9-6-19-12-21)20-17(23)14-4-5-16(15(18)10-14)22-7-2-3-8-22/h2-10,12-13H,11H2,1H3,(H,20,23). The highest BCUT2D eigenvalue weighted by Crippen LogP contribution is 2.15. The van der Waals surface area contributed by atoms with Crippen LogP contribution in [0.3, 0.4) is 0 Å². The average molecular weight is 312 g/mol. The van der Waals surface area contributed by atoms with Gasteiger partial charge in [0.2, 0.25) is 0 Å². The molecule has 0 spiro atoms. The van der Waals surface area contributed by atoms with Gasteiger partial charge in [-0.15, -0.1) is 0 Å². The Balaban J connectivity index is 1.69. The van der Waals surface area contributed by atoms with Crippen molar-refractivity contribution in [2.24, 2.45) is 0 Å². The van der Waals surface area contributed by atoms with E-state index in [2.05, 4.69) is 10.3 Å². The van der Waals surface area contributed by atoms with Gasteiger partial charge in [0.15, 0.2) is 0 Å². The third kappa shape index (κ3) is 3.48. The van der Waals surface area contributed by atoms with Gasteiger partial charge in [0.25, 0.3) is 5.91 Å². The van der Waals surface area contributed by atoms with Gasteiger partial charge in [-0.2, -0.15) is 0 Å². The minimum Gasteiger partial charge on any atom is -0.348 e. The number of benzene rings is 1. The van der Waals surface area contributed by atoms with Crippen LogP contribution < -0.4 is 5.32 Å². The van der Waals surface area contributed by atoms with E-state index in [-0.39, 0.29) is 11.9 Å². The number of hydrogen-bond donors (Lipinski definition) is 1. The van der Waals surface area contributed by atoms with Crippen molar-refractivity contribution in [3.63, 3.8) is 0 Å². The molecule has 1 aromatic carbocycles. The molecule has 1 N–H and O–H groups in total. The molecule has 3 rings (SSSR count). The highest BCUT2D eigenvalue weighted by Gasteiger charge is 2.13. The zero-order chi connectivity index (χ0) is 16.2. The first-order valence-corrected chi connectivity index (χ1v) is 7.33. The Morgan fingerprint density at radius 3 is 2.74 bits per heavy atom. The lowest BCUT2D eigenvalue weighted by molar-refractivity contribution is 0.0936. The summed E-state index contributed by atoms with van der Waals surface area (Å²) in [7, 11) is 0. The minimum absolute atomic E-state index is 0.0936. The molecule has 0 aliphatic rings. The van der Waals surface area contributed by atoms with Crippen LogP contribution in [0.1, 0.15) is 17.3 Å². The maximum absolute atomic E-state index is 14.2. The molecule has 6 heteroatoms. The monoisotopic (exact) mass is 312 g/mol. The van der Waals surface area contributed by atoms with Crippen molar-refractivity contribution in [2.45, 2.75) is 19.5 Å². The van der Waals surface area contributed by atoms with Crippen LogP contribution >= 0.6 is 0 Å². The molecule has 3 aromatic rings. The molecular weight excluding hydrogens is 295 g/mol. The van der Waals surface area contributed by atoms with Gasteiger partial charge < -0.3 is 14.5 Å². The Labute approximate surface area is 133 Å². The van der Waals surface area contributed by atoms with Crippen LogP contribution in [-0.2, 0) is 6.54 Å². The number of carbonyl (C=O) groups is 1. The average Bonchev–Trinajstić information content (AvgIpc) is 3.20. The summed E-state index contributed by atoms with van der Waals surface area (Å²) in [6.07, 6.45) is 8.71. The van der Waals surface area contributed by atoms with Gasteiger partial charge in [-0.1, -0.05) is 0 Å². The van der Waals surface area contributed by atoms with E-state index in [1.807, 2.05) is 29.8 Å². The van der Waals surface area contributed by atoms with Crippen molar-refractivity contribution < 1.29 is 9.18 Å². The van der Waals surface area contributed by atoms with E-state index in [1.165, 1.54) is 6.07 Å². The Kier molecular flexibility index (Phi) is 4.23. The maximum Gasteiger partial charge on any atom is 0.251 e. The summed E-state index contributed by atoms with van der Waals surface area (Å²) in [4.78, 5) is 16.2. The van der Waals surface area contributed by atoms with Crippen molar-refractivity contribution in [3.05, 3.63) is 72.8 Å². The fourth-order valence-corrected chi connectivity index (χ4v) is 2.42. The molecular formula is C17H17FN4O. The highest BCUT2D eigenvalue weighted by molar-refractivity contribution is 5.94. The summed E-state index contributed by atoms with van der Waals surface area (Å²) in [5.41, 5.74) is 0.717. The first-order valence-electron chi connectivity index (χ1n) is 7.33. The number of halogens is 1. The maximum atomic E-state index is 14.2. The van der Waals surface area contributed by atoms with Gasteiger partial charge in [-0.05, 0) is 37.3 Å². The van der Waals surface area contributed by atoms with Crippen LogP contribution in [0.15, 0.2) is 61.4 Å². The summed E-state index contributed by atoms with van der Waals surface area (Å²) in [6, 6.07) is 8.02. The van der Waals surface area contributed by atoms with Gasteiger partial charge in [0.05, 0.1) is 12.0 Å². The molecule has 2 heterocycles. The van der Waals surface area contributed by atoms with Gasteiger partial charge >= 0.3 is 0 Å². The normalized spacial score (nSPS) is 12.1. The number of carbonyl (C=O) groups excluding carboxylic acids is 1. The van der Waals surface area contributed by atoms with Crippen LogP contribution in [0.25, 0.3) is 5.69 Å². The predicted molar refractivity (Wildman–Crippen MR) is 84.9 cm³/mol. The van der Waals surface area contributed by atoms with E-state index >= 15 is 0 Å². The van der Waals surface area contributed by atoms with E-state index in [0.717, 1.165) is 0 Å². The second-order valence-corrected chi connectivity index (χ2v) is 5.39. The number of imidazole rings is 1. The summed E-state index contributed by atoms with van der Waals surface area (Å²) < 4.78 is 17.7. The first-order chi connectivity index (χ1) is 11.1. The lowest BCUT2D eigenvalue weighted by Crippen LogP contribution is -2.35. The lowest BCUT2D eigenvalue weighted by atomic mass is 10.1. The zero-order valence-electron chi connectivity index (χ0n) is 12.7. The smallest absolute Gasteiger partial charge is 0.251 e. The topological polar surface area (TPSA) is 51.9 Å². The van der Waals surface area contributed by atoms with Crippen LogP contribution in [0.5, 0.6) is 0 Å². The SMILES string of the molecule is CC(Cn1ccnc1)NC(=O)c1ccc(-n2cccc2)c(F)c1. The van der Waals surface area contributed by atoms with Gasteiger partial charge in [0.1, 0.15) is 5.82 Å². The molecule has 0 aliphatic heterocycles. The Hall–Kier alpha value is -2.89. The molecule has 1 unspecified atom stereocenters. The van der Waals surface area contributed by atoms with E-state index in [4.69, 9.17) is 0 Å². The summed E-state index contributed by atoms with van der Waals surface area (Å²) >= 11 is 0. The predicted octanol–water partition coefficient (Wildman–Crippen LogP) is 2.63. The molecule has 0 saturated heterocycles. The summed E-state index contributed by atoms with van der Waals surface area (Å²) in [6.45, 7) is 2.50. The third-order valence-electron chi connectivity index (χ3n) is 3.51. The molecule has 0 fully saturated rings. The number of rotatable bonds is 5. The number of amides is 1. The molecule has 0 aliphatic carbocycles. The van der Waals surface area contributed by atoms with Crippen molar-refractivity contribution in [1.29, 1.82) is 0 Å². The first kappa shape index (κ1) is 15.0.